The number of carbonyl (C=O) groups excluding carboxylic acids is 2. The summed E-state index contributed by atoms with van der Waals surface area (Å²) in [5.41, 5.74) is 0. The van der Waals surface area contributed by atoms with Crippen molar-refractivity contribution in [2.24, 2.45) is 0 Å². The lowest BCUT2D eigenvalue weighted by Crippen LogP contribution is -2.30. The summed E-state index contributed by atoms with van der Waals surface area (Å²) in [5, 5.41) is 0. The van der Waals surface area contributed by atoms with E-state index in [2.05, 4.69) is 106 Å². The van der Waals surface area contributed by atoms with Crippen LogP contribution < -0.4 is 0 Å². The molecular formula is C55H94O5. The molecule has 0 saturated carbocycles. The molecule has 0 heterocycles. The fraction of sp³-hybridized carbons (Fsp3) is 0.709. The highest BCUT2D eigenvalue weighted by Gasteiger charge is 2.17. The fourth-order valence-corrected chi connectivity index (χ4v) is 6.63. The molecule has 0 aliphatic carbocycles. The predicted octanol–water partition coefficient (Wildman–Crippen LogP) is 16.9. The molecule has 5 heteroatoms. The minimum Gasteiger partial charge on any atom is -0.462 e. The molecule has 0 rings (SSSR count). The Labute approximate surface area is 371 Å². The summed E-state index contributed by atoms with van der Waals surface area (Å²) in [7, 11) is 0. The van der Waals surface area contributed by atoms with Crippen LogP contribution in [0.3, 0.4) is 0 Å². The number of carbonyl (C=O) groups is 2. The van der Waals surface area contributed by atoms with Crippen molar-refractivity contribution < 1.29 is 23.8 Å². The second kappa shape index (κ2) is 50.4. The largest absolute Gasteiger partial charge is 0.462 e. The van der Waals surface area contributed by atoms with E-state index < -0.39 is 6.10 Å². The number of hydrogen-bond donors (Lipinski definition) is 0. The van der Waals surface area contributed by atoms with E-state index in [1.54, 1.807) is 0 Å². The standard InChI is InChI=1S/C55H94O5/c1-4-7-10-13-16-19-22-25-26-27-28-29-30-32-33-36-39-42-45-48-54(56)59-52-53(51-58-50-47-44-41-38-35-24-21-18-15-12-9-6-3)60-55(57)49-46-43-40-37-34-31-23-20-17-14-11-8-5-2/h8,11,15-20,25-26,28-29,31,34,53H,4-7,9-10,12-14,21-24,27,30,32-33,35-52H2,1-3H3/b11-8-,18-15-,19-16-,20-17-,26-25-,29-28-,34-31-. The average molecular weight is 835 g/mol. The summed E-state index contributed by atoms with van der Waals surface area (Å²) in [6.45, 7) is 7.59. The summed E-state index contributed by atoms with van der Waals surface area (Å²) in [6.07, 6.45) is 65.9. The second-order valence-corrected chi connectivity index (χ2v) is 16.3. The molecule has 0 aliphatic rings. The maximum atomic E-state index is 12.8. The third-order valence-corrected chi connectivity index (χ3v) is 10.4. The van der Waals surface area contributed by atoms with E-state index in [4.69, 9.17) is 14.2 Å². The molecule has 0 fully saturated rings. The Balaban J connectivity index is 4.31. The van der Waals surface area contributed by atoms with E-state index in [-0.39, 0.29) is 25.2 Å². The number of allylic oxidation sites excluding steroid dienone is 14. The third kappa shape index (κ3) is 47.8. The summed E-state index contributed by atoms with van der Waals surface area (Å²) >= 11 is 0. The first-order valence-corrected chi connectivity index (χ1v) is 25.1. The van der Waals surface area contributed by atoms with Gasteiger partial charge in [0.15, 0.2) is 6.10 Å². The van der Waals surface area contributed by atoms with Gasteiger partial charge in [0.2, 0.25) is 0 Å². The van der Waals surface area contributed by atoms with Crippen LogP contribution in [0, 0.1) is 0 Å². The normalized spacial score (nSPS) is 12.9. The average Bonchev–Trinajstić information content (AvgIpc) is 3.25. The van der Waals surface area contributed by atoms with Crippen molar-refractivity contribution in [1.82, 2.24) is 0 Å². The molecule has 0 aromatic heterocycles. The van der Waals surface area contributed by atoms with Crippen LogP contribution >= 0.6 is 0 Å². The lowest BCUT2D eigenvalue weighted by Gasteiger charge is -2.18. The van der Waals surface area contributed by atoms with Gasteiger partial charge in [-0.2, -0.15) is 0 Å². The monoisotopic (exact) mass is 835 g/mol. The number of unbranched alkanes of at least 4 members (excludes halogenated alkanes) is 20. The van der Waals surface area contributed by atoms with Gasteiger partial charge in [-0.05, 0) is 109 Å². The van der Waals surface area contributed by atoms with Gasteiger partial charge in [0.25, 0.3) is 0 Å². The molecular weight excluding hydrogens is 741 g/mol. The molecule has 0 N–H and O–H groups in total. The van der Waals surface area contributed by atoms with Crippen molar-refractivity contribution in [3.63, 3.8) is 0 Å². The molecule has 0 amide bonds. The second-order valence-electron chi connectivity index (χ2n) is 16.3. The molecule has 0 aliphatic heterocycles. The predicted molar refractivity (Wildman–Crippen MR) is 260 cm³/mol. The van der Waals surface area contributed by atoms with Crippen molar-refractivity contribution in [1.29, 1.82) is 0 Å². The van der Waals surface area contributed by atoms with Gasteiger partial charge in [0.1, 0.15) is 6.61 Å². The van der Waals surface area contributed by atoms with Crippen LogP contribution in [0.4, 0.5) is 0 Å². The summed E-state index contributed by atoms with van der Waals surface area (Å²) < 4.78 is 17.3. The topological polar surface area (TPSA) is 61.8 Å². The fourth-order valence-electron chi connectivity index (χ4n) is 6.63. The van der Waals surface area contributed by atoms with Crippen LogP contribution in [-0.4, -0.2) is 37.9 Å². The van der Waals surface area contributed by atoms with Gasteiger partial charge in [-0.1, -0.05) is 189 Å². The summed E-state index contributed by atoms with van der Waals surface area (Å²) in [4.78, 5) is 25.3. The zero-order chi connectivity index (χ0) is 43.5. The summed E-state index contributed by atoms with van der Waals surface area (Å²) in [6, 6.07) is 0. The van der Waals surface area contributed by atoms with Crippen LogP contribution in [0.1, 0.15) is 226 Å². The first kappa shape index (κ1) is 57.1. The molecule has 0 aromatic carbocycles. The van der Waals surface area contributed by atoms with Gasteiger partial charge in [-0.15, -0.1) is 0 Å². The van der Waals surface area contributed by atoms with Crippen LogP contribution in [-0.2, 0) is 23.8 Å². The zero-order valence-electron chi connectivity index (χ0n) is 39.5. The van der Waals surface area contributed by atoms with Gasteiger partial charge in [0, 0.05) is 19.4 Å². The van der Waals surface area contributed by atoms with Crippen LogP contribution in [0.5, 0.6) is 0 Å². The van der Waals surface area contributed by atoms with Crippen molar-refractivity contribution in [2.75, 3.05) is 19.8 Å². The quantitative estimate of drug-likeness (QED) is 0.0347. The smallest absolute Gasteiger partial charge is 0.306 e. The minimum absolute atomic E-state index is 0.0606. The third-order valence-electron chi connectivity index (χ3n) is 10.4. The lowest BCUT2D eigenvalue weighted by molar-refractivity contribution is -0.163. The number of rotatable bonds is 45. The first-order valence-electron chi connectivity index (χ1n) is 25.1. The van der Waals surface area contributed by atoms with E-state index in [0.717, 1.165) is 96.3 Å². The molecule has 344 valence electrons. The Morgan fingerprint density at radius 1 is 0.383 bits per heavy atom. The van der Waals surface area contributed by atoms with Gasteiger partial charge >= 0.3 is 11.9 Å². The van der Waals surface area contributed by atoms with Gasteiger partial charge in [-0.3, -0.25) is 9.59 Å². The Morgan fingerprint density at radius 3 is 1.28 bits per heavy atom. The highest BCUT2D eigenvalue weighted by molar-refractivity contribution is 5.70. The maximum absolute atomic E-state index is 12.8. The SMILES string of the molecule is CC/C=C\C/C=C\C/C=C\CCCCCC(=O)OC(COCCCCCCCC/C=C\CCCC)COC(=O)CCCCCCCC/C=C\C/C=C\C/C=C\CCCCC. The molecule has 5 nitrogen and oxygen atoms in total. The van der Waals surface area contributed by atoms with E-state index >= 15 is 0 Å². The zero-order valence-corrected chi connectivity index (χ0v) is 39.5. The number of esters is 2. The highest BCUT2D eigenvalue weighted by Crippen LogP contribution is 2.13. The molecule has 0 bridgehead atoms. The Bertz CT molecular complexity index is 1130. The number of ether oxygens (including phenoxy) is 3. The highest BCUT2D eigenvalue weighted by atomic mass is 16.6. The molecule has 1 unspecified atom stereocenters. The Hall–Kier alpha value is -2.92. The maximum Gasteiger partial charge on any atom is 0.306 e. The molecule has 0 aromatic rings. The Morgan fingerprint density at radius 2 is 0.767 bits per heavy atom. The summed E-state index contributed by atoms with van der Waals surface area (Å²) in [5.74, 6) is -0.451. The van der Waals surface area contributed by atoms with Crippen molar-refractivity contribution in [3.05, 3.63) is 85.1 Å². The molecule has 0 saturated heterocycles. The van der Waals surface area contributed by atoms with Crippen molar-refractivity contribution >= 4 is 11.9 Å². The molecule has 0 radical (unpaired) electrons. The van der Waals surface area contributed by atoms with Crippen molar-refractivity contribution in [3.8, 4) is 0 Å². The van der Waals surface area contributed by atoms with Crippen LogP contribution in [0.15, 0.2) is 85.1 Å². The molecule has 1 atom stereocenters. The van der Waals surface area contributed by atoms with Gasteiger partial charge in [-0.25, -0.2) is 0 Å². The Kier molecular flexibility index (Phi) is 48.0. The lowest BCUT2D eigenvalue weighted by atomic mass is 10.1. The number of hydrogen-bond acceptors (Lipinski definition) is 5. The van der Waals surface area contributed by atoms with Crippen molar-refractivity contribution in [2.45, 2.75) is 232 Å². The first-order chi connectivity index (χ1) is 29.6. The van der Waals surface area contributed by atoms with E-state index in [1.165, 1.54) is 96.3 Å². The van der Waals surface area contributed by atoms with Crippen LogP contribution in [0.25, 0.3) is 0 Å². The van der Waals surface area contributed by atoms with E-state index in [0.29, 0.717) is 19.4 Å². The van der Waals surface area contributed by atoms with E-state index in [1.807, 2.05) is 0 Å². The minimum atomic E-state index is -0.562. The van der Waals surface area contributed by atoms with Crippen LogP contribution in [0.2, 0.25) is 0 Å². The van der Waals surface area contributed by atoms with Gasteiger partial charge in [0.05, 0.1) is 6.61 Å². The van der Waals surface area contributed by atoms with Gasteiger partial charge < -0.3 is 14.2 Å². The van der Waals surface area contributed by atoms with E-state index in [9.17, 15) is 9.59 Å². The molecule has 60 heavy (non-hydrogen) atoms. The molecule has 0 spiro atoms.